The number of rotatable bonds is 5. The highest BCUT2D eigenvalue weighted by atomic mass is 35.5. The molecule has 1 atom stereocenters. The quantitative estimate of drug-likeness (QED) is 0.555. The summed E-state index contributed by atoms with van der Waals surface area (Å²) < 4.78 is 12.4. The van der Waals surface area contributed by atoms with E-state index >= 15 is 0 Å². The monoisotopic (exact) mass is 471 g/mol. The number of urea groups is 1. The molecule has 2 N–H and O–H groups in total. The standard InChI is InChI=1S/C19H21N5O3S.2ClH/c1-26-14-5-2-6-15-16(14)22-18(28-15)17(27-13-4-3-7-21-12-13)23-19(25)24-10-8-20-9-11-24;;/h2-7,12,17,20H,8-11H2,1H3,(H,23,25);2*1H. The lowest BCUT2D eigenvalue weighted by atomic mass is 10.3. The molecule has 1 aromatic carbocycles. The van der Waals surface area contributed by atoms with Gasteiger partial charge in [0.2, 0.25) is 6.23 Å². The molecule has 1 unspecified atom stereocenters. The Bertz CT molecular complexity index is 954. The van der Waals surface area contributed by atoms with E-state index in [-0.39, 0.29) is 30.8 Å². The second kappa shape index (κ2) is 11.2. The van der Waals surface area contributed by atoms with E-state index in [4.69, 9.17) is 9.47 Å². The van der Waals surface area contributed by atoms with E-state index in [0.29, 0.717) is 29.6 Å². The van der Waals surface area contributed by atoms with Crippen LogP contribution in [0.4, 0.5) is 4.79 Å². The number of fused-ring (bicyclic) bond motifs is 1. The van der Waals surface area contributed by atoms with Crippen LogP contribution in [0.2, 0.25) is 0 Å². The van der Waals surface area contributed by atoms with Crippen molar-refractivity contribution >= 4 is 52.4 Å². The molecule has 30 heavy (non-hydrogen) atoms. The van der Waals surface area contributed by atoms with Crippen LogP contribution in [0.25, 0.3) is 10.2 Å². The lowest BCUT2D eigenvalue weighted by Crippen LogP contribution is -2.51. The number of para-hydroxylation sites is 1. The number of thiazole rings is 1. The predicted molar refractivity (Wildman–Crippen MR) is 121 cm³/mol. The number of pyridine rings is 1. The van der Waals surface area contributed by atoms with Crippen LogP contribution in [0.1, 0.15) is 11.2 Å². The molecular formula is C19H23Cl2N5O3S. The summed E-state index contributed by atoms with van der Waals surface area (Å²) in [5.74, 6) is 1.24. The molecule has 3 aromatic rings. The average Bonchev–Trinajstić information content (AvgIpc) is 3.19. The average molecular weight is 472 g/mol. The summed E-state index contributed by atoms with van der Waals surface area (Å²) in [4.78, 5) is 23.3. The Morgan fingerprint density at radius 3 is 2.73 bits per heavy atom. The van der Waals surface area contributed by atoms with Crippen LogP contribution in [-0.2, 0) is 0 Å². The molecule has 0 radical (unpaired) electrons. The maximum atomic E-state index is 12.8. The summed E-state index contributed by atoms with van der Waals surface area (Å²) >= 11 is 1.46. The number of hydrogen-bond acceptors (Lipinski definition) is 7. The smallest absolute Gasteiger partial charge is 0.320 e. The molecule has 2 aromatic heterocycles. The third-order valence-corrected chi connectivity index (χ3v) is 5.45. The normalized spacial score (nSPS) is 14.2. The van der Waals surface area contributed by atoms with Gasteiger partial charge in [-0.05, 0) is 24.3 Å². The Morgan fingerprint density at radius 1 is 1.23 bits per heavy atom. The van der Waals surface area contributed by atoms with E-state index in [1.54, 1.807) is 36.5 Å². The number of amides is 2. The topological polar surface area (TPSA) is 88.6 Å². The number of ether oxygens (including phenoxy) is 2. The van der Waals surface area contributed by atoms with Crippen LogP contribution in [-0.4, -0.2) is 54.2 Å². The van der Waals surface area contributed by atoms with Gasteiger partial charge in [-0.1, -0.05) is 6.07 Å². The fourth-order valence-corrected chi connectivity index (χ4v) is 3.95. The number of nitrogens with zero attached hydrogens (tertiary/aromatic N) is 3. The molecule has 0 saturated carbocycles. The van der Waals surface area contributed by atoms with Crippen LogP contribution in [0.3, 0.4) is 0 Å². The van der Waals surface area contributed by atoms with Crippen molar-refractivity contribution in [2.45, 2.75) is 6.23 Å². The molecule has 1 fully saturated rings. The zero-order valence-electron chi connectivity index (χ0n) is 16.2. The maximum absolute atomic E-state index is 12.8. The molecule has 1 saturated heterocycles. The molecule has 162 valence electrons. The zero-order valence-corrected chi connectivity index (χ0v) is 18.7. The molecule has 3 heterocycles. The van der Waals surface area contributed by atoms with Crippen molar-refractivity contribution in [2.24, 2.45) is 0 Å². The number of benzene rings is 1. The highest BCUT2D eigenvalue weighted by Gasteiger charge is 2.25. The van der Waals surface area contributed by atoms with Crippen molar-refractivity contribution in [3.63, 3.8) is 0 Å². The van der Waals surface area contributed by atoms with Crippen molar-refractivity contribution in [1.82, 2.24) is 25.5 Å². The number of carbonyl (C=O) groups excluding carboxylic acids is 1. The van der Waals surface area contributed by atoms with E-state index in [9.17, 15) is 4.79 Å². The van der Waals surface area contributed by atoms with Gasteiger partial charge >= 0.3 is 6.03 Å². The van der Waals surface area contributed by atoms with Crippen molar-refractivity contribution in [2.75, 3.05) is 33.3 Å². The number of hydrogen-bond donors (Lipinski definition) is 2. The van der Waals surface area contributed by atoms with Gasteiger partial charge in [0, 0.05) is 32.4 Å². The van der Waals surface area contributed by atoms with Crippen molar-refractivity contribution in [3.05, 3.63) is 47.7 Å². The summed E-state index contributed by atoms with van der Waals surface area (Å²) in [6, 6.07) is 9.15. The van der Waals surface area contributed by atoms with Crippen LogP contribution in [0.5, 0.6) is 11.5 Å². The van der Waals surface area contributed by atoms with Crippen LogP contribution in [0, 0.1) is 0 Å². The highest BCUT2D eigenvalue weighted by Crippen LogP contribution is 2.33. The largest absolute Gasteiger partial charge is 0.494 e. The van der Waals surface area contributed by atoms with Gasteiger partial charge in [0.1, 0.15) is 17.0 Å². The highest BCUT2D eigenvalue weighted by molar-refractivity contribution is 7.18. The molecule has 1 aliphatic rings. The van der Waals surface area contributed by atoms with Gasteiger partial charge in [0.25, 0.3) is 0 Å². The lowest BCUT2D eigenvalue weighted by molar-refractivity contribution is 0.139. The summed E-state index contributed by atoms with van der Waals surface area (Å²) in [6.45, 7) is 2.86. The lowest BCUT2D eigenvalue weighted by Gasteiger charge is -2.29. The molecule has 11 heteroatoms. The van der Waals surface area contributed by atoms with Gasteiger partial charge in [-0.2, -0.15) is 0 Å². The van der Waals surface area contributed by atoms with Crippen molar-refractivity contribution in [3.8, 4) is 11.5 Å². The first-order valence-electron chi connectivity index (χ1n) is 9.01. The first-order chi connectivity index (χ1) is 13.7. The van der Waals surface area contributed by atoms with Crippen molar-refractivity contribution in [1.29, 1.82) is 0 Å². The second-order valence-corrected chi connectivity index (χ2v) is 7.29. The van der Waals surface area contributed by atoms with Gasteiger partial charge in [-0.25, -0.2) is 9.78 Å². The van der Waals surface area contributed by atoms with Gasteiger partial charge in [0.05, 0.1) is 18.0 Å². The third kappa shape index (κ3) is 5.42. The number of piperazine rings is 1. The fourth-order valence-electron chi connectivity index (χ4n) is 2.98. The molecule has 1 aliphatic heterocycles. The van der Waals surface area contributed by atoms with E-state index < -0.39 is 6.23 Å². The van der Waals surface area contributed by atoms with Gasteiger partial charge in [0.15, 0.2) is 5.01 Å². The number of nitrogens with one attached hydrogen (secondary N) is 2. The third-order valence-electron chi connectivity index (χ3n) is 4.39. The Kier molecular flexibility index (Phi) is 8.91. The summed E-state index contributed by atoms with van der Waals surface area (Å²) in [6.07, 6.45) is 2.55. The van der Waals surface area contributed by atoms with Crippen molar-refractivity contribution < 1.29 is 14.3 Å². The molecule has 8 nitrogen and oxygen atoms in total. The van der Waals surface area contributed by atoms with Crippen LogP contribution < -0.4 is 20.1 Å². The number of methoxy groups -OCH3 is 1. The summed E-state index contributed by atoms with van der Waals surface area (Å²) in [5.41, 5.74) is 0.751. The second-order valence-electron chi connectivity index (χ2n) is 6.23. The minimum absolute atomic E-state index is 0. The SMILES string of the molecule is COc1cccc2sc(C(NC(=O)N3CCNCC3)Oc3cccnc3)nc12.Cl.Cl. The Hall–Kier alpha value is -2.33. The minimum Gasteiger partial charge on any atom is -0.494 e. The molecule has 4 rings (SSSR count). The first kappa shape index (κ1) is 23.9. The van der Waals surface area contributed by atoms with Crippen LogP contribution >= 0.6 is 36.2 Å². The summed E-state index contributed by atoms with van der Waals surface area (Å²) in [5, 5.41) is 6.85. The maximum Gasteiger partial charge on any atom is 0.320 e. The van der Waals surface area contributed by atoms with E-state index in [1.165, 1.54) is 11.3 Å². The fraction of sp³-hybridized carbons (Fsp3) is 0.316. The number of aromatic nitrogens is 2. The zero-order chi connectivity index (χ0) is 19.3. The van der Waals surface area contributed by atoms with E-state index in [2.05, 4.69) is 20.6 Å². The van der Waals surface area contributed by atoms with E-state index in [0.717, 1.165) is 23.3 Å². The number of halogens is 2. The predicted octanol–water partition coefficient (Wildman–Crippen LogP) is 3.24. The molecule has 0 aliphatic carbocycles. The van der Waals surface area contributed by atoms with E-state index in [1.807, 2.05) is 18.2 Å². The Morgan fingerprint density at radius 2 is 2.03 bits per heavy atom. The number of carbonyl (C=O) groups is 1. The first-order valence-corrected chi connectivity index (χ1v) is 9.82. The molecule has 0 spiro atoms. The van der Waals surface area contributed by atoms with Gasteiger partial charge in [-0.3, -0.25) is 10.3 Å². The molecular weight excluding hydrogens is 449 g/mol. The Labute approximate surface area is 190 Å². The Balaban J connectivity index is 0.00000160. The minimum atomic E-state index is -0.728. The van der Waals surface area contributed by atoms with Crippen LogP contribution in [0.15, 0.2) is 42.7 Å². The van der Waals surface area contributed by atoms with Gasteiger partial charge < -0.3 is 19.7 Å². The van der Waals surface area contributed by atoms with Gasteiger partial charge in [-0.15, -0.1) is 36.2 Å². The molecule has 2 amide bonds. The summed E-state index contributed by atoms with van der Waals surface area (Å²) in [7, 11) is 1.61. The molecule has 0 bridgehead atoms.